The Kier molecular flexibility index (Phi) is 7.06. The van der Waals surface area contributed by atoms with Gasteiger partial charge in [-0.3, -0.25) is 0 Å². The summed E-state index contributed by atoms with van der Waals surface area (Å²) in [5, 5.41) is 3.65. The molecule has 1 unspecified atom stereocenters. The van der Waals surface area contributed by atoms with E-state index in [1.165, 1.54) is 58.2 Å². The predicted octanol–water partition coefficient (Wildman–Crippen LogP) is 3.03. The maximum absolute atomic E-state index is 3.65. The summed E-state index contributed by atoms with van der Waals surface area (Å²) in [6.45, 7) is 10.7. The zero-order chi connectivity index (χ0) is 11.8. The molecule has 0 saturated carbocycles. The van der Waals surface area contributed by atoms with Crippen LogP contribution in [0.5, 0.6) is 0 Å². The molecule has 0 aromatic rings. The van der Waals surface area contributed by atoms with Crippen molar-refractivity contribution in [3.63, 3.8) is 0 Å². The van der Waals surface area contributed by atoms with Gasteiger partial charge in [-0.2, -0.15) is 0 Å². The second kappa shape index (κ2) is 8.08. The van der Waals surface area contributed by atoms with E-state index in [1.54, 1.807) is 0 Å². The zero-order valence-electron chi connectivity index (χ0n) is 11.5. The summed E-state index contributed by atoms with van der Waals surface area (Å²) in [4.78, 5) is 2.66. The van der Waals surface area contributed by atoms with Crippen LogP contribution in [0.1, 0.15) is 59.3 Å². The summed E-state index contributed by atoms with van der Waals surface area (Å²) in [6.07, 6.45) is 8.07. The lowest BCUT2D eigenvalue weighted by atomic mass is 10.0. The molecule has 0 bridgehead atoms. The van der Waals surface area contributed by atoms with Gasteiger partial charge in [0.15, 0.2) is 0 Å². The third-order valence-corrected chi connectivity index (χ3v) is 3.98. The van der Waals surface area contributed by atoms with Crippen LogP contribution in [0.25, 0.3) is 0 Å². The molecule has 1 rings (SSSR count). The Labute approximate surface area is 102 Å². The highest BCUT2D eigenvalue weighted by Gasteiger charge is 2.17. The van der Waals surface area contributed by atoms with Crippen LogP contribution >= 0.6 is 0 Å². The summed E-state index contributed by atoms with van der Waals surface area (Å²) in [7, 11) is 0. The minimum atomic E-state index is 0.735. The Bertz CT molecular complexity index is 166. The predicted molar refractivity (Wildman–Crippen MR) is 71.9 cm³/mol. The molecule has 1 heterocycles. The lowest BCUT2D eigenvalue weighted by molar-refractivity contribution is 0.158. The first-order chi connectivity index (χ1) is 7.77. The molecule has 1 aliphatic heterocycles. The van der Waals surface area contributed by atoms with E-state index < -0.39 is 0 Å². The molecule has 0 radical (unpaired) electrons. The molecule has 1 fully saturated rings. The summed E-state index contributed by atoms with van der Waals surface area (Å²) >= 11 is 0. The number of hydrogen-bond acceptors (Lipinski definition) is 2. The average Bonchev–Trinajstić information content (AvgIpc) is 2.31. The fourth-order valence-corrected chi connectivity index (χ4v) is 2.66. The molecule has 2 nitrogen and oxygen atoms in total. The monoisotopic (exact) mass is 226 g/mol. The molecule has 0 aliphatic carbocycles. The number of nitrogens with zero attached hydrogens (tertiary/aromatic N) is 1. The van der Waals surface area contributed by atoms with Gasteiger partial charge in [0.2, 0.25) is 0 Å². The van der Waals surface area contributed by atoms with Gasteiger partial charge in [-0.05, 0) is 58.7 Å². The summed E-state index contributed by atoms with van der Waals surface area (Å²) in [6, 6.07) is 1.56. The van der Waals surface area contributed by atoms with E-state index in [0.29, 0.717) is 0 Å². The third kappa shape index (κ3) is 4.84. The van der Waals surface area contributed by atoms with Crippen LogP contribution < -0.4 is 5.32 Å². The molecule has 2 heteroatoms. The van der Waals surface area contributed by atoms with E-state index in [9.17, 15) is 0 Å². The first-order valence-corrected chi connectivity index (χ1v) is 7.25. The van der Waals surface area contributed by atoms with Gasteiger partial charge in [0.05, 0.1) is 0 Å². The minimum absolute atomic E-state index is 0.735. The van der Waals surface area contributed by atoms with Crippen LogP contribution in [0.3, 0.4) is 0 Å². The smallest absolute Gasteiger partial charge is 0.00669 e. The molecular weight excluding hydrogens is 196 g/mol. The molecule has 0 amide bonds. The van der Waals surface area contributed by atoms with Crippen LogP contribution in [0.15, 0.2) is 0 Å². The maximum atomic E-state index is 3.65. The molecule has 1 atom stereocenters. The number of piperidine rings is 1. The largest absolute Gasteiger partial charge is 0.314 e. The molecule has 0 spiro atoms. The van der Waals surface area contributed by atoms with Gasteiger partial charge in [-0.15, -0.1) is 0 Å². The van der Waals surface area contributed by atoms with Gasteiger partial charge in [-0.25, -0.2) is 0 Å². The van der Waals surface area contributed by atoms with E-state index in [-0.39, 0.29) is 0 Å². The van der Waals surface area contributed by atoms with Crippen molar-refractivity contribution < 1.29 is 0 Å². The molecule has 0 aromatic carbocycles. The first-order valence-electron chi connectivity index (χ1n) is 7.25. The SMILES string of the molecule is CCC(CC)NCCCN1CCCCC1C. The van der Waals surface area contributed by atoms with E-state index in [4.69, 9.17) is 0 Å². The van der Waals surface area contributed by atoms with Crippen LogP contribution in [0.2, 0.25) is 0 Å². The van der Waals surface area contributed by atoms with E-state index >= 15 is 0 Å². The molecule has 16 heavy (non-hydrogen) atoms. The zero-order valence-corrected chi connectivity index (χ0v) is 11.5. The van der Waals surface area contributed by atoms with Gasteiger partial charge < -0.3 is 10.2 Å². The highest BCUT2D eigenvalue weighted by atomic mass is 15.2. The van der Waals surface area contributed by atoms with Crippen LogP contribution in [-0.4, -0.2) is 36.6 Å². The molecule has 1 aliphatic rings. The maximum Gasteiger partial charge on any atom is 0.00669 e. The molecular formula is C14H30N2. The Morgan fingerprint density at radius 3 is 2.62 bits per heavy atom. The quantitative estimate of drug-likeness (QED) is 0.671. The summed E-state index contributed by atoms with van der Waals surface area (Å²) < 4.78 is 0. The van der Waals surface area contributed by atoms with Crippen LogP contribution in [0, 0.1) is 0 Å². The third-order valence-electron chi connectivity index (χ3n) is 3.98. The van der Waals surface area contributed by atoms with Gasteiger partial charge >= 0.3 is 0 Å². The first kappa shape index (κ1) is 14.0. The van der Waals surface area contributed by atoms with Crippen molar-refractivity contribution >= 4 is 0 Å². The van der Waals surface area contributed by atoms with Crippen molar-refractivity contribution in [3.8, 4) is 0 Å². The highest BCUT2D eigenvalue weighted by Crippen LogP contribution is 2.16. The number of hydrogen-bond donors (Lipinski definition) is 1. The van der Waals surface area contributed by atoms with Crippen molar-refractivity contribution in [2.75, 3.05) is 19.6 Å². The fraction of sp³-hybridized carbons (Fsp3) is 1.00. The van der Waals surface area contributed by atoms with Crippen molar-refractivity contribution in [3.05, 3.63) is 0 Å². The van der Waals surface area contributed by atoms with Gasteiger partial charge in [0.1, 0.15) is 0 Å². The van der Waals surface area contributed by atoms with E-state index in [2.05, 4.69) is 31.0 Å². The van der Waals surface area contributed by atoms with Gasteiger partial charge in [0.25, 0.3) is 0 Å². The Balaban J connectivity index is 2.05. The Morgan fingerprint density at radius 1 is 1.25 bits per heavy atom. The topological polar surface area (TPSA) is 15.3 Å². The van der Waals surface area contributed by atoms with Crippen molar-refractivity contribution in [1.82, 2.24) is 10.2 Å². The second-order valence-corrected chi connectivity index (χ2v) is 5.20. The normalized spacial score (nSPS) is 22.9. The van der Waals surface area contributed by atoms with Crippen molar-refractivity contribution in [2.45, 2.75) is 71.4 Å². The summed E-state index contributed by atoms with van der Waals surface area (Å²) in [5.74, 6) is 0. The molecule has 1 N–H and O–H groups in total. The Morgan fingerprint density at radius 2 is 2.00 bits per heavy atom. The average molecular weight is 226 g/mol. The number of rotatable bonds is 7. The van der Waals surface area contributed by atoms with Crippen molar-refractivity contribution in [1.29, 1.82) is 0 Å². The van der Waals surface area contributed by atoms with Gasteiger partial charge in [0, 0.05) is 12.1 Å². The van der Waals surface area contributed by atoms with E-state index in [0.717, 1.165) is 12.1 Å². The molecule has 1 saturated heterocycles. The van der Waals surface area contributed by atoms with Gasteiger partial charge in [-0.1, -0.05) is 20.3 Å². The number of likely N-dealkylation sites (tertiary alicyclic amines) is 1. The van der Waals surface area contributed by atoms with E-state index in [1.807, 2.05) is 0 Å². The number of nitrogens with one attached hydrogen (secondary N) is 1. The lowest BCUT2D eigenvalue weighted by Gasteiger charge is -2.33. The van der Waals surface area contributed by atoms with Crippen LogP contribution in [-0.2, 0) is 0 Å². The standard InChI is InChI=1S/C14H30N2/c1-4-14(5-2)15-10-8-12-16-11-7-6-9-13(16)3/h13-15H,4-12H2,1-3H3. The Hall–Kier alpha value is -0.0800. The highest BCUT2D eigenvalue weighted by molar-refractivity contribution is 4.73. The summed E-state index contributed by atoms with van der Waals surface area (Å²) in [5.41, 5.74) is 0. The minimum Gasteiger partial charge on any atom is -0.314 e. The molecule has 0 aromatic heterocycles. The lowest BCUT2D eigenvalue weighted by Crippen LogP contribution is -2.39. The van der Waals surface area contributed by atoms with Crippen LogP contribution in [0.4, 0.5) is 0 Å². The fourth-order valence-electron chi connectivity index (χ4n) is 2.66. The van der Waals surface area contributed by atoms with Crippen molar-refractivity contribution in [2.24, 2.45) is 0 Å². The molecule has 96 valence electrons. The second-order valence-electron chi connectivity index (χ2n) is 5.20.